The predicted octanol–water partition coefficient (Wildman–Crippen LogP) is 1.63. The molecule has 1 fully saturated rings. The van der Waals surface area contributed by atoms with E-state index in [1.165, 1.54) is 0 Å². The largest absolute Gasteiger partial charge is 0.375 e. The van der Waals surface area contributed by atoms with Crippen molar-refractivity contribution in [3.63, 3.8) is 0 Å². The molecule has 0 aromatic carbocycles. The summed E-state index contributed by atoms with van der Waals surface area (Å²) in [5.74, 6) is 1.13. The Labute approximate surface area is 99.9 Å². The fourth-order valence-electron chi connectivity index (χ4n) is 1.76. The first-order valence-corrected chi connectivity index (χ1v) is 5.80. The third-order valence-corrected chi connectivity index (χ3v) is 2.74. The van der Waals surface area contributed by atoms with Gasteiger partial charge in [0, 0.05) is 19.2 Å². The lowest BCUT2D eigenvalue weighted by Crippen LogP contribution is -2.47. The van der Waals surface area contributed by atoms with E-state index in [1.54, 1.807) is 17.9 Å². The lowest BCUT2D eigenvalue weighted by Gasteiger charge is -2.32. The Morgan fingerprint density at radius 3 is 3.18 bits per heavy atom. The van der Waals surface area contributed by atoms with Gasteiger partial charge in [-0.25, -0.2) is 4.79 Å². The van der Waals surface area contributed by atoms with E-state index in [1.807, 2.05) is 6.92 Å². The average Bonchev–Trinajstić information content (AvgIpc) is 2.75. The first-order chi connectivity index (χ1) is 8.19. The lowest BCUT2D eigenvalue weighted by molar-refractivity contribution is -0.0134. The SMILES string of the molecule is CC[C@H]1CN(C(=O)Nc2cc(C)on2)CCO1. The number of hydrogen-bond donors (Lipinski definition) is 1. The van der Waals surface area contributed by atoms with Crippen LogP contribution in [0.25, 0.3) is 0 Å². The van der Waals surface area contributed by atoms with E-state index < -0.39 is 0 Å². The van der Waals surface area contributed by atoms with Gasteiger partial charge in [-0.2, -0.15) is 0 Å². The van der Waals surface area contributed by atoms with E-state index in [9.17, 15) is 4.79 Å². The van der Waals surface area contributed by atoms with Gasteiger partial charge in [-0.15, -0.1) is 0 Å². The van der Waals surface area contributed by atoms with Crippen LogP contribution in [0.15, 0.2) is 10.6 Å². The lowest BCUT2D eigenvalue weighted by atomic mass is 10.2. The molecule has 0 bridgehead atoms. The summed E-state index contributed by atoms with van der Waals surface area (Å²) < 4.78 is 10.4. The normalized spacial score (nSPS) is 20.4. The van der Waals surface area contributed by atoms with Gasteiger partial charge < -0.3 is 14.2 Å². The molecule has 6 heteroatoms. The molecule has 2 heterocycles. The maximum Gasteiger partial charge on any atom is 0.323 e. The maximum atomic E-state index is 11.9. The number of ether oxygens (including phenoxy) is 1. The van der Waals surface area contributed by atoms with Crippen LogP contribution >= 0.6 is 0 Å². The number of aryl methyl sites for hydroxylation is 1. The summed E-state index contributed by atoms with van der Waals surface area (Å²) in [7, 11) is 0. The zero-order valence-corrected chi connectivity index (χ0v) is 10.1. The van der Waals surface area contributed by atoms with Gasteiger partial charge in [-0.3, -0.25) is 5.32 Å². The van der Waals surface area contributed by atoms with Crippen LogP contribution in [0.2, 0.25) is 0 Å². The summed E-state index contributed by atoms with van der Waals surface area (Å²) in [5, 5.41) is 6.43. The van der Waals surface area contributed by atoms with E-state index >= 15 is 0 Å². The Bertz CT molecular complexity index is 391. The minimum Gasteiger partial charge on any atom is -0.375 e. The van der Waals surface area contributed by atoms with Crippen LogP contribution in [0, 0.1) is 6.92 Å². The van der Waals surface area contributed by atoms with Gasteiger partial charge in [-0.05, 0) is 13.3 Å². The van der Waals surface area contributed by atoms with Crippen molar-refractivity contribution in [3.05, 3.63) is 11.8 Å². The Balaban J connectivity index is 1.91. The fraction of sp³-hybridized carbons (Fsp3) is 0.636. The highest BCUT2D eigenvalue weighted by Crippen LogP contribution is 2.12. The number of nitrogens with zero attached hydrogens (tertiary/aromatic N) is 2. The van der Waals surface area contributed by atoms with E-state index in [4.69, 9.17) is 9.26 Å². The number of amides is 2. The predicted molar refractivity (Wildman–Crippen MR) is 61.9 cm³/mol. The molecule has 1 aromatic rings. The van der Waals surface area contributed by atoms with Gasteiger partial charge in [0.15, 0.2) is 5.82 Å². The van der Waals surface area contributed by atoms with Gasteiger partial charge in [0.05, 0.1) is 12.7 Å². The molecule has 2 amide bonds. The van der Waals surface area contributed by atoms with Gasteiger partial charge in [-0.1, -0.05) is 12.1 Å². The molecule has 94 valence electrons. The second-order valence-electron chi connectivity index (χ2n) is 4.10. The fourth-order valence-corrected chi connectivity index (χ4v) is 1.76. The summed E-state index contributed by atoms with van der Waals surface area (Å²) in [6.07, 6.45) is 1.04. The van der Waals surface area contributed by atoms with Crippen molar-refractivity contribution >= 4 is 11.8 Å². The molecule has 1 aromatic heterocycles. The summed E-state index contributed by atoms with van der Waals surface area (Å²) in [5.41, 5.74) is 0. The zero-order valence-electron chi connectivity index (χ0n) is 10.1. The first kappa shape index (κ1) is 11.9. The molecule has 2 rings (SSSR count). The molecule has 1 aliphatic rings. The molecule has 0 unspecified atom stereocenters. The van der Waals surface area contributed by atoms with E-state index in [0.717, 1.165) is 6.42 Å². The maximum absolute atomic E-state index is 11.9. The molecule has 1 saturated heterocycles. The standard InChI is InChI=1S/C11H17N3O3/c1-3-9-7-14(4-5-16-9)11(15)12-10-6-8(2)17-13-10/h6,9H,3-5,7H2,1-2H3,(H,12,13,15)/t9-/m0/s1. The van der Waals surface area contributed by atoms with E-state index in [2.05, 4.69) is 10.5 Å². The minimum atomic E-state index is -0.153. The molecular weight excluding hydrogens is 222 g/mol. The topological polar surface area (TPSA) is 67.6 Å². The number of anilines is 1. The minimum absolute atomic E-state index is 0.133. The number of hydrogen-bond acceptors (Lipinski definition) is 4. The third-order valence-electron chi connectivity index (χ3n) is 2.74. The number of morpholine rings is 1. The molecule has 0 aliphatic carbocycles. The monoisotopic (exact) mass is 239 g/mol. The summed E-state index contributed by atoms with van der Waals surface area (Å²) in [6.45, 7) is 5.65. The van der Waals surface area contributed by atoms with Crippen molar-refractivity contribution in [3.8, 4) is 0 Å². The zero-order chi connectivity index (χ0) is 12.3. The Morgan fingerprint density at radius 2 is 2.53 bits per heavy atom. The summed E-state index contributed by atoms with van der Waals surface area (Å²) in [4.78, 5) is 13.7. The van der Waals surface area contributed by atoms with Crippen molar-refractivity contribution in [2.75, 3.05) is 25.0 Å². The molecule has 0 radical (unpaired) electrons. The van der Waals surface area contributed by atoms with Crippen molar-refractivity contribution in [1.82, 2.24) is 10.1 Å². The molecule has 1 N–H and O–H groups in total. The summed E-state index contributed by atoms with van der Waals surface area (Å²) in [6, 6.07) is 1.54. The highest BCUT2D eigenvalue weighted by Gasteiger charge is 2.23. The van der Waals surface area contributed by atoms with E-state index in [0.29, 0.717) is 31.3 Å². The smallest absolute Gasteiger partial charge is 0.323 e. The molecule has 1 aliphatic heterocycles. The summed E-state index contributed by atoms with van der Waals surface area (Å²) >= 11 is 0. The molecular formula is C11H17N3O3. The molecule has 0 spiro atoms. The molecule has 6 nitrogen and oxygen atoms in total. The van der Waals surface area contributed by atoms with Crippen molar-refractivity contribution < 1.29 is 14.1 Å². The number of carbonyl (C=O) groups excluding carboxylic acids is 1. The van der Waals surface area contributed by atoms with Crippen LogP contribution in [0.5, 0.6) is 0 Å². The van der Waals surface area contributed by atoms with Crippen LogP contribution in [-0.2, 0) is 4.74 Å². The van der Waals surface area contributed by atoms with E-state index in [-0.39, 0.29) is 12.1 Å². The first-order valence-electron chi connectivity index (χ1n) is 5.80. The van der Waals surface area contributed by atoms with Gasteiger partial charge in [0.2, 0.25) is 0 Å². The number of rotatable bonds is 2. The Morgan fingerprint density at radius 1 is 1.71 bits per heavy atom. The van der Waals surface area contributed by atoms with Gasteiger partial charge in [0.25, 0.3) is 0 Å². The highest BCUT2D eigenvalue weighted by atomic mass is 16.5. The number of carbonyl (C=O) groups is 1. The van der Waals surface area contributed by atoms with Crippen LogP contribution in [0.4, 0.5) is 10.6 Å². The quantitative estimate of drug-likeness (QED) is 0.851. The molecule has 0 saturated carbocycles. The Hall–Kier alpha value is -1.56. The Kier molecular flexibility index (Phi) is 3.63. The number of aromatic nitrogens is 1. The number of urea groups is 1. The van der Waals surface area contributed by atoms with Crippen molar-refractivity contribution in [2.45, 2.75) is 26.4 Å². The van der Waals surface area contributed by atoms with Crippen LogP contribution in [0.1, 0.15) is 19.1 Å². The third kappa shape index (κ3) is 2.97. The average molecular weight is 239 g/mol. The van der Waals surface area contributed by atoms with Gasteiger partial charge in [0.1, 0.15) is 5.76 Å². The van der Waals surface area contributed by atoms with Gasteiger partial charge >= 0.3 is 6.03 Å². The highest BCUT2D eigenvalue weighted by molar-refractivity contribution is 5.88. The van der Waals surface area contributed by atoms with Crippen molar-refractivity contribution in [1.29, 1.82) is 0 Å². The van der Waals surface area contributed by atoms with Crippen molar-refractivity contribution in [2.24, 2.45) is 0 Å². The molecule has 17 heavy (non-hydrogen) atoms. The second kappa shape index (κ2) is 5.18. The van der Waals surface area contributed by atoms with Crippen LogP contribution in [-0.4, -0.2) is 41.9 Å². The van der Waals surface area contributed by atoms with Crippen LogP contribution < -0.4 is 5.32 Å². The molecule has 1 atom stereocenters. The second-order valence-corrected chi connectivity index (χ2v) is 4.10. The van der Waals surface area contributed by atoms with Crippen LogP contribution in [0.3, 0.4) is 0 Å². The number of nitrogens with one attached hydrogen (secondary N) is 1.